The maximum absolute atomic E-state index is 4.65. The van der Waals surface area contributed by atoms with E-state index in [-0.39, 0.29) is 0 Å². The summed E-state index contributed by atoms with van der Waals surface area (Å²) < 4.78 is 2.60. The van der Waals surface area contributed by atoms with Crippen molar-refractivity contribution in [3.63, 3.8) is 0 Å². The highest BCUT2D eigenvalue weighted by Crippen LogP contribution is 2.29. The normalized spacial score (nSPS) is 12.4. The molecule has 20 heavy (non-hydrogen) atoms. The number of thioether (sulfide) groups is 1. The van der Waals surface area contributed by atoms with Crippen LogP contribution in [-0.4, -0.2) is 26.9 Å². The Hall–Kier alpha value is -0.520. The Morgan fingerprint density at radius 2 is 2.05 bits per heavy atom. The topological polar surface area (TPSA) is 29.3 Å². The molecular formula is C15H25N3S2. The van der Waals surface area contributed by atoms with Crippen LogP contribution >= 0.6 is 23.1 Å². The zero-order chi connectivity index (χ0) is 14.8. The van der Waals surface area contributed by atoms with Crippen molar-refractivity contribution in [1.82, 2.24) is 14.7 Å². The van der Waals surface area contributed by atoms with E-state index in [0.29, 0.717) is 4.75 Å². The molecule has 5 heteroatoms. The molecule has 1 N–H and O–H groups in total. The number of fused-ring (bicyclic) bond motifs is 1. The minimum atomic E-state index is 0.363. The van der Waals surface area contributed by atoms with Crippen LogP contribution < -0.4 is 5.32 Å². The Bertz CT molecular complexity index is 559. The van der Waals surface area contributed by atoms with Crippen molar-refractivity contribution < 1.29 is 0 Å². The van der Waals surface area contributed by atoms with Gasteiger partial charge in [0, 0.05) is 28.9 Å². The van der Waals surface area contributed by atoms with Crippen LogP contribution in [0.1, 0.15) is 43.0 Å². The van der Waals surface area contributed by atoms with Gasteiger partial charge < -0.3 is 5.32 Å². The second kappa shape index (κ2) is 6.50. The predicted octanol–water partition coefficient (Wildman–Crippen LogP) is 4.02. The lowest BCUT2D eigenvalue weighted by atomic mass is 10.0. The fourth-order valence-electron chi connectivity index (χ4n) is 2.59. The predicted molar refractivity (Wildman–Crippen MR) is 91.1 cm³/mol. The van der Waals surface area contributed by atoms with E-state index in [0.717, 1.165) is 23.7 Å². The Morgan fingerprint density at radius 1 is 1.35 bits per heavy atom. The minimum absolute atomic E-state index is 0.363. The fourth-order valence-corrected chi connectivity index (χ4v) is 4.31. The van der Waals surface area contributed by atoms with Crippen LogP contribution in [0.4, 0.5) is 0 Å². The third kappa shape index (κ3) is 3.05. The number of hydrogen-bond donors (Lipinski definition) is 1. The Labute approximate surface area is 130 Å². The highest BCUT2D eigenvalue weighted by Gasteiger charge is 2.24. The molecule has 0 saturated heterocycles. The average molecular weight is 312 g/mol. The van der Waals surface area contributed by atoms with Crippen LogP contribution in [0.2, 0.25) is 0 Å². The van der Waals surface area contributed by atoms with Crippen molar-refractivity contribution in [2.45, 2.75) is 51.8 Å². The molecule has 0 bridgehead atoms. The molecule has 2 rings (SSSR count). The first kappa shape index (κ1) is 15.9. The van der Waals surface area contributed by atoms with E-state index in [1.807, 2.05) is 11.8 Å². The van der Waals surface area contributed by atoms with Crippen LogP contribution in [0.5, 0.6) is 0 Å². The number of imidazole rings is 1. The number of aromatic nitrogens is 2. The van der Waals surface area contributed by atoms with Gasteiger partial charge in [0.15, 0.2) is 4.96 Å². The van der Waals surface area contributed by atoms with Gasteiger partial charge in [0.05, 0.1) is 11.4 Å². The summed E-state index contributed by atoms with van der Waals surface area (Å²) in [5.41, 5.74) is 2.44. The van der Waals surface area contributed by atoms with Gasteiger partial charge in [0.1, 0.15) is 0 Å². The molecule has 0 amide bonds. The first-order chi connectivity index (χ1) is 9.55. The fraction of sp³-hybridized carbons (Fsp3) is 0.667. The van der Waals surface area contributed by atoms with Crippen molar-refractivity contribution in [2.24, 2.45) is 0 Å². The lowest BCUT2D eigenvalue weighted by Crippen LogP contribution is -2.36. The van der Waals surface area contributed by atoms with Crippen LogP contribution in [-0.2, 0) is 6.54 Å². The zero-order valence-electron chi connectivity index (χ0n) is 13.1. The second-order valence-electron chi connectivity index (χ2n) is 5.34. The Balaban J connectivity index is 2.07. The lowest BCUT2D eigenvalue weighted by molar-refractivity contribution is 0.492. The third-order valence-corrected chi connectivity index (χ3v) is 6.69. The molecule has 2 aromatic rings. The quantitative estimate of drug-likeness (QED) is 0.837. The summed E-state index contributed by atoms with van der Waals surface area (Å²) >= 11 is 3.74. The lowest BCUT2D eigenvalue weighted by Gasteiger charge is -2.30. The molecule has 0 aliphatic heterocycles. The molecule has 0 radical (unpaired) electrons. The molecule has 112 valence electrons. The summed E-state index contributed by atoms with van der Waals surface area (Å²) in [5.74, 6) is 0. The van der Waals surface area contributed by atoms with Gasteiger partial charge in [0.25, 0.3) is 0 Å². The maximum Gasteiger partial charge on any atom is 0.194 e. The number of thiazole rings is 1. The molecule has 0 atom stereocenters. The van der Waals surface area contributed by atoms with E-state index in [4.69, 9.17) is 0 Å². The van der Waals surface area contributed by atoms with Gasteiger partial charge in [-0.05, 0) is 32.9 Å². The van der Waals surface area contributed by atoms with Crippen molar-refractivity contribution >= 4 is 28.1 Å². The second-order valence-corrected chi connectivity index (χ2v) is 7.82. The summed E-state index contributed by atoms with van der Waals surface area (Å²) in [4.78, 5) is 7.07. The molecule has 2 heterocycles. The first-order valence-corrected chi connectivity index (χ1v) is 9.29. The molecule has 0 aliphatic rings. The molecule has 0 fully saturated rings. The van der Waals surface area contributed by atoms with Gasteiger partial charge in [0.2, 0.25) is 0 Å². The van der Waals surface area contributed by atoms with Gasteiger partial charge in [-0.3, -0.25) is 4.40 Å². The third-order valence-electron chi connectivity index (χ3n) is 4.20. The van der Waals surface area contributed by atoms with Gasteiger partial charge in [-0.15, -0.1) is 11.3 Å². The van der Waals surface area contributed by atoms with Crippen molar-refractivity contribution in [3.8, 4) is 0 Å². The molecule has 0 unspecified atom stereocenters. The zero-order valence-corrected chi connectivity index (χ0v) is 14.7. The van der Waals surface area contributed by atoms with E-state index in [1.165, 1.54) is 23.4 Å². The van der Waals surface area contributed by atoms with Gasteiger partial charge in [-0.1, -0.05) is 13.8 Å². The molecular weight excluding hydrogens is 286 g/mol. The molecule has 2 aromatic heterocycles. The monoisotopic (exact) mass is 311 g/mol. The van der Waals surface area contributed by atoms with E-state index >= 15 is 0 Å². The largest absolute Gasteiger partial charge is 0.310 e. The number of rotatable bonds is 7. The highest BCUT2D eigenvalue weighted by molar-refractivity contribution is 8.00. The number of nitrogens with zero attached hydrogens (tertiary/aromatic N) is 2. The Morgan fingerprint density at radius 3 is 2.65 bits per heavy atom. The van der Waals surface area contributed by atoms with E-state index in [2.05, 4.69) is 54.8 Å². The van der Waals surface area contributed by atoms with Gasteiger partial charge in [-0.25, -0.2) is 4.98 Å². The Kier molecular flexibility index (Phi) is 5.15. The first-order valence-electron chi connectivity index (χ1n) is 7.25. The molecule has 0 saturated carbocycles. The summed E-state index contributed by atoms with van der Waals surface area (Å²) in [5, 5.41) is 3.65. The van der Waals surface area contributed by atoms with E-state index < -0.39 is 0 Å². The van der Waals surface area contributed by atoms with Crippen LogP contribution in [0.15, 0.2) is 6.20 Å². The number of aryl methyl sites for hydroxylation is 2. The summed E-state index contributed by atoms with van der Waals surface area (Å²) in [6.07, 6.45) is 6.82. The van der Waals surface area contributed by atoms with E-state index in [9.17, 15) is 0 Å². The SMILES string of the molecule is CCC(CC)(CNCc1c(C)nc2sc(C)cn12)SC. The van der Waals surface area contributed by atoms with Crippen molar-refractivity contribution in [2.75, 3.05) is 12.8 Å². The maximum atomic E-state index is 4.65. The smallest absolute Gasteiger partial charge is 0.194 e. The van der Waals surface area contributed by atoms with Gasteiger partial charge in [-0.2, -0.15) is 11.8 Å². The van der Waals surface area contributed by atoms with Crippen molar-refractivity contribution in [1.29, 1.82) is 0 Å². The summed E-state index contributed by atoms with van der Waals surface area (Å²) in [6, 6.07) is 0. The number of nitrogens with one attached hydrogen (secondary N) is 1. The summed E-state index contributed by atoms with van der Waals surface area (Å²) in [7, 11) is 0. The van der Waals surface area contributed by atoms with E-state index in [1.54, 1.807) is 11.3 Å². The highest BCUT2D eigenvalue weighted by atomic mass is 32.2. The summed E-state index contributed by atoms with van der Waals surface area (Å²) in [6.45, 7) is 10.8. The number of hydrogen-bond acceptors (Lipinski definition) is 4. The molecule has 3 nitrogen and oxygen atoms in total. The minimum Gasteiger partial charge on any atom is -0.310 e. The molecule has 0 aromatic carbocycles. The van der Waals surface area contributed by atoms with Crippen LogP contribution in [0.3, 0.4) is 0 Å². The van der Waals surface area contributed by atoms with Crippen LogP contribution in [0.25, 0.3) is 4.96 Å². The van der Waals surface area contributed by atoms with Crippen molar-refractivity contribution in [3.05, 3.63) is 22.5 Å². The van der Waals surface area contributed by atoms with Gasteiger partial charge >= 0.3 is 0 Å². The van der Waals surface area contributed by atoms with Crippen LogP contribution in [0, 0.1) is 13.8 Å². The standard InChI is InChI=1S/C15H25N3S2/c1-6-15(7-2,19-5)10-16-8-13-12(4)17-14-18(13)9-11(3)20-14/h9,16H,6-8,10H2,1-5H3. The molecule has 0 aliphatic carbocycles. The average Bonchev–Trinajstić information content (AvgIpc) is 2.92. The molecule has 0 spiro atoms.